The van der Waals surface area contributed by atoms with Gasteiger partial charge in [0.15, 0.2) is 0 Å². The number of aliphatic hydroxyl groups is 1. The SMILES string of the molecule is CCNC(C)(CO)Cn1nc(C)nc1C. The topological polar surface area (TPSA) is 63.0 Å². The van der Waals surface area contributed by atoms with Crippen molar-refractivity contribution in [1.29, 1.82) is 0 Å². The van der Waals surface area contributed by atoms with E-state index in [9.17, 15) is 5.11 Å². The van der Waals surface area contributed by atoms with Crippen molar-refractivity contribution in [1.82, 2.24) is 20.1 Å². The summed E-state index contributed by atoms with van der Waals surface area (Å²) in [6.45, 7) is 9.32. The first kappa shape index (κ1) is 12.1. The maximum atomic E-state index is 9.35. The normalized spacial score (nSPS) is 15.3. The standard InChI is InChI=1S/C10H20N4O/c1-5-11-10(4,7-15)6-14-9(3)12-8(2)13-14/h11,15H,5-7H2,1-4H3. The van der Waals surface area contributed by atoms with Crippen molar-refractivity contribution >= 4 is 0 Å². The number of rotatable bonds is 5. The lowest BCUT2D eigenvalue weighted by Gasteiger charge is -2.28. The van der Waals surface area contributed by atoms with Gasteiger partial charge in [-0.15, -0.1) is 0 Å². The lowest BCUT2D eigenvalue weighted by atomic mass is 10.0. The molecule has 15 heavy (non-hydrogen) atoms. The molecule has 86 valence electrons. The van der Waals surface area contributed by atoms with Crippen LogP contribution in [0, 0.1) is 13.8 Å². The predicted molar refractivity (Wildman–Crippen MR) is 58.7 cm³/mol. The Morgan fingerprint density at radius 1 is 1.47 bits per heavy atom. The van der Waals surface area contributed by atoms with Gasteiger partial charge in [0.25, 0.3) is 0 Å². The summed E-state index contributed by atoms with van der Waals surface area (Å²) in [5.41, 5.74) is -0.334. The van der Waals surface area contributed by atoms with Crippen LogP contribution in [0.3, 0.4) is 0 Å². The number of likely N-dealkylation sites (N-methyl/N-ethyl adjacent to an activating group) is 1. The molecule has 1 aromatic heterocycles. The highest BCUT2D eigenvalue weighted by Gasteiger charge is 2.23. The third kappa shape index (κ3) is 3.00. The Morgan fingerprint density at radius 3 is 2.53 bits per heavy atom. The van der Waals surface area contributed by atoms with Gasteiger partial charge in [-0.3, -0.25) is 0 Å². The van der Waals surface area contributed by atoms with Gasteiger partial charge in [0.05, 0.1) is 18.7 Å². The number of aromatic nitrogens is 3. The molecule has 1 unspecified atom stereocenters. The van der Waals surface area contributed by atoms with E-state index in [1.807, 2.05) is 32.4 Å². The number of hydrogen-bond acceptors (Lipinski definition) is 4. The van der Waals surface area contributed by atoms with E-state index < -0.39 is 0 Å². The molecule has 5 heteroatoms. The first-order valence-corrected chi connectivity index (χ1v) is 5.24. The molecular formula is C10H20N4O. The van der Waals surface area contributed by atoms with Gasteiger partial charge in [-0.25, -0.2) is 9.67 Å². The van der Waals surface area contributed by atoms with Crippen LogP contribution in [0.2, 0.25) is 0 Å². The summed E-state index contributed by atoms with van der Waals surface area (Å²) in [6.07, 6.45) is 0. The minimum atomic E-state index is -0.334. The van der Waals surface area contributed by atoms with Crippen molar-refractivity contribution in [3.63, 3.8) is 0 Å². The number of aryl methyl sites for hydroxylation is 2. The van der Waals surface area contributed by atoms with E-state index in [0.29, 0.717) is 6.54 Å². The molecule has 0 bridgehead atoms. The van der Waals surface area contributed by atoms with Crippen LogP contribution in [0.5, 0.6) is 0 Å². The van der Waals surface area contributed by atoms with Crippen LogP contribution in [-0.4, -0.2) is 38.6 Å². The highest BCUT2D eigenvalue weighted by atomic mass is 16.3. The van der Waals surface area contributed by atoms with Gasteiger partial charge < -0.3 is 10.4 Å². The molecule has 0 saturated carbocycles. The quantitative estimate of drug-likeness (QED) is 0.734. The average molecular weight is 212 g/mol. The van der Waals surface area contributed by atoms with Crippen LogP contribution in [-0.2, 0) is 6.54 Å². The van der Waals surface area contributed by atoms with Crippen molar-refractivity contribution < 1.29 is 5.11 Å². The van der Waals surface area contributed by atoms with Gasteiger partial charge in [0, 0.05) is 0 Å². The van der Waals surface area contributed by atoms with E-state index in [2.05, 4.69) is 15.4 Å². The number of hydrogen-bond donors (Lipinski definition) is 2. The maximum absolute atomic E-state index is 9.35. The Morgan fingerprint density at radius 2 is 2.13 bits per heavy atom. The Labute approximate surface area is 90.5 Å². The second kappa shape index (κ2) is 4.72. The molecule has 0 aliphatic carbocycles. The van der Waals surface area contributed by atoms with Gasteiger partial charge in [-0.05, 0) is 27.3 Å². The van der Waals surface area contributed by atoms with Crippen molar-refractivity contribution in [3.8, 4) is 0 Å². The summed E-state index contributed by atoms with van der Waals surface area (Å²) in [4.78, 5) is 4.23. The molecule has 1 atom stereocenters. The molecule has 1 heterocycles. The lowest BCUT2D eigenvalue weighted by molar-refractivity contribution is 0.154. The second-order valence-electron chi connectivity index (χ2n) is 4.11. The molecule has 0 radical (unpaired) electrons. The molecular weight excluding hydrogens is 192 g/mol. The molecule has 0 spiro atoms. The fourth-order valence-electron chi connectivity index (χ4n) is 1.63. The van der Waals surface area contributed by atoms with Gasteiger partial charge in [0.1, 0.15) is 11.6 Å². The number of nitrogens with one attached hydrogen (secondary N) is 1. The van der Waals surface area contributed by atoms with E-state index in [1.54, 1.807) is 0 Å². The highest BCUT2D eigenvalue weighted by Crippen LogP contribution is 2.08. The zero-order valence-corrected chi connectivity index (χ0v) is 9.91. The van der Waals surface area contributed by atoms with Crippen LogP contribution in [0.25, 0.3) is 0 Å². The molecule has 0 saturated heterocycles. The van der Waals surface area contributed by atoms with E-state index in [4.69, 9.17) is 0 Å². The largest absolute Gasteiger partial charge is 0.394 e. The van der Waals surface area contributed by atoms with Crippen molar-refractivity contribution in [2.45, 2.75) is 39.8 Å². The van der Waals surface area contributed by atoms with Crippen molar-refractivity contribution in [2.24, 2.45) is 0 Å². The van der Waals surface area contributed by atoms with E-state index in [1.165, 1.54) is 0 Å². The van der Waals surface area contributed by atoms with Gasteiger partial charge >= 0.3 is 0 Å². The molecule has 0 fully saturated rings. The number of aliphatic hydroxyl groups excluding tert-OH is 1. The second-order valence-corrected chi connectivity index (χ2v) is 4.11. The molecule has 2 N–H and O–H groups in total. The smallest absolute Gasteiger partial charge is 0.147 e. The zero-order valence-electron chi connectivity index (χ0n) is 9.91. The molecule has 0 aliphatic heterocycles. The van der Waals surface area contributed by atoms with Crippen LogP contribution >= 0.6 is 0 Å². The summed E-state index contributed by atoms with van der Waals surface area (Å²) in [6, 6.07) is 0. The van der Waals surface area contributed by atoms with E-state index in [-0.39, 0.29) is 12.1 Å². The fraction of sp³-hybridized carbons (Fsp3) is 0.800. The summed E-state index contributed by atoms with van der Waals surface area (Å²) >= 11 is 0. The molecule has 1 rings (SSSR count). The molecule has 1 aromatic rings. The Balaban J connectivity index is 2.78. The maximum Gasteiger partial charge on any atom is 0.147 e. The molecule has 0 amide bonds. The van der Waals surface area contributed by atoms with Gasteiger partial charge in [-0.1, -0.05) is 6.92 Å². The zero-order chi connectivity index (χ0) is 11.5. The third-order valence-corrected chi connectivity index (χ3v) is 2.41. The summed E-state index contributed by atoms with van der Waals surface area (Å²) in [5, 5.41) is 16.9. The van der Waals surface area contributed by atoms with Crippen LogP contribution in [0.15, 0.2) is 0 Å². The van der Waals surface area contributed by atoms with Gasteiger partial charge in [-0.2, -0.15) is 5.10 Å². The Bertz CT molecular complexity index is 323. The lowest BCUT2D eigenvalue weighted by Crippen LogP contribution is -2.49. The van der Waals surface area contributed by atoms with E-state index >= 15 is 0 Å². The Kier molecular flexibility index (Phi) is 3.82. The third-order valence-electron chi connectivity index (χ3n) is 2.41. The predicted octanol–water partition coefficient (Wildman–Crippen LogP) is 0.255. The summed E-state index contributed by atoms with van der Waals surface area (Å²) in [5.74, 6) is 1.65. The Hall–Kier alpha value is -0.940. The minimum absolute atomic E-state index is 0.0825. The highest BCUT2D eigenvalue weighted by molar-refractivity contribution is 4.91. The molecule has 0 aromatic carbocycles. The summed E-state index contributed by atoms with van der Waals surface area (Å²) in [7, 11) is 0. The monoisotopic (exact) mass is 212 g/mol. The van der Waals surface area contributed by atoms with Crippen molar-refractivity contribution in [3.05, 3.63) is 11.6 Å². The van der Waals surface area contributed by atoms with Crippen LogP contribution in [0.1, 0.15) is 25.5 Å². The van der Waals surface area contributed by atoms with Gasteiger partial charge in [0.2, 0.25) is 0 Å². The average Bonchev–Trinajstić information content (AvgIpc) is 2.45. The molecule has 5 nitrogen and oxygen atoms in total. The fourth-order valence-corrected chi connectivity index (χ4v) is 1.63. The van der Waals surface area contributed by atoms with Crippen molar-refractivity contribution in [2.75, 3.05) is 13.2 Å². The van der Waals surface area contributed by atoms with E-state index in [0.717, 1.165) is 18.2 Å². The summed E-state index contributed by atoms with van der Waals surface area (Å²) < 4.78 is 1.83. The first-order chi connectivity index (χ1) is 7.00. The molecule has 0 aliphatic rings. The minimum Gasteiger partial charge on any atom is -0.394 e. The van der Waals surface area contributed by atoms with Crippen LogP contribution in [0.4, 0.5) is 0 Å². The van der Waals surface area contributed by atoms with Crippen LogP contribution < -0.4 is 5.32 Å². The number of nitrogens with zero attached hydrogens (tertiary/aromatic N) is 3. The first-order valence-electron chi connectivity index (χ1n) is 5.24.